The van der Waals surface area contributed by atoms with E-state index in [0.29, 0.717) is 6.04 Å². The molecule has 2 nitrogen and oxygen atoms in total. The van der Waals surface area contributed by atoms with Crippen LogP contribution in [-0.4, -0.2) is 4.98 Å². The van der Waals surface area contributed by atoms with Gasteiger partial charge in [0.15, 0.2) is 0 Å². The number of hydrogen-bond donors (Lipinski definition) is 1. The molecule has 0 aromatic carbocycles. The minimum atomic E-state index is 0.425. The summed E-state index contributed by atoms with van der Waals surface area (Å²) in [7, 11) is 0. The number of nitrogens with zero attached hydrogens (tertiary/aromatic N) is 1. The summed E-state index contributed by atoms with van der Waals surface area (Å²) in [6.07, 6.45) is 3.67. The maximum Gasteiger partial charge on any atom is 0.0705 e. The zero-order chi connectivity index (χ0) is 13.4. The highest BCUT2D eigenvalue weighted by molar-refractivity contribution is 9.11. The van der Waals surface area contributed by atoms with Crippen LogP contribution in [0.25, 0.3) is 0 Å². The summed E-state index contributed by atoms with van der Waals surface area (Å²) >= 11 is 5.48. The normalized spacial score (nSPS) is 18.2. The quantitative estimate of drug-likeness (QED) is 0.833. The lowest BCUT2D eigenvalue weighted by Crippen LogP contribution is -2.16. The molecule has 0 amide bonds. The first-order valence-electron chi connectivity index (χ1n) is 6.62. The zero-order valence-corrected chi connectivity index (χ0v) is 13.6. The van der Waals surface area contributed by atoms with Gasteiger partial charge in [-0.1, -0.05) is 0 Å². The first-order chi connectivity index (χ1) is 9.13. The predicted molar refractivity (Wildman–Crippen MR) is 85.0 cm³/mol. The van der Waals surface area contributed by atoms with Gasteiger partial charge in [0.05, 0.1) is 21.2 Å². The molecule has 1 aliphatic rings. The summed E-state index contributed by atoms with van der Waals surface area (Å²) in [6, 6.07) is 6.92. The average Bonchev–Trinajstić information content (AvgIpc) is 2.74. The van der Waals surface area contributed by atoms with Gasteiger partial charge in [0.2, 0.25) is 0 Å². The van der Waals surface area contributed by atoms with E-state index in [1.165, 1.54) is 33.5 Å². The lowest BCUT2D eigenvalue weighted by Gasteiger charge is -2.25. The van der Waals surface area contributed by atoms with Gasteiger partial charge in [-0.15, -0.1) is 11.3 Å². The molecule has 4 heteroatoms. The molecule has 2 heterocycles. The fourth-order valence-electron chi connectivity index (χ4n) is 2.70. The van der Waals surface area contributed by atoms with Crippen LogP contribution in [-0.2, 0) is 6.42 Å². The van der Waals surface area contributed by atoms with Crippen LogP contribution in [0, 0.1) is 13.8 Å². The molecule has 0 bridgehead atoms. The molecule has 1 aliphatic carbocycles. The van der Waals surface area contributed by atoms with Gasteiger partial charge in [-0.2, -0.15) is 0 Å². The van der Waals surface area contributed by atoms with Crippen molar-refractivity contribution >= 4 is 33.0 Å². The van der Waals surface area contributed by atoms with E-state index in [0.717, 1.165) is 17.1 Å². The fourth-order valence-corrected chi connectivity index (χ4v) is 4.52. The Labute approximate surface area is 126 Å². The second kappa shape index (κ2) is 5.25. The van der Waals surface area contributed by atoms with Crippen LogP contribution in [0.3, 0.4) is 0 Å². The maximum absolute atomic E-state index is 4.53. The van der Waals surface area contributed by atoms with Crippen molar-refractivity contribution in [3.05, 3.63) is 43.8 Å². The molecule has 1 N–H and O–H groups in total. The van der Waals surface area contributed by atoms with Gasteiger partial charge in [0.25, 0.3) is 0 Å². The molecule has 0 spiro atoms. The number of thiophene rings is 1. The van der Waals surface area contributed by atoms with E-state index >= 15 is 0 Å². The summed E-state index contributed by atoms with van der Waals surface area (Å²) < 4.78 is 1.24. The first kappa shape index (κ1) is 13.1. The Morgan fingerprint density at radius 3 is 3.00 bits per heavy atom. The monoisotopic (exact) mass is 336 g/mol. The molecule has 0 saturated carbocycles. The Morgan fingerprint density at radius 2 is 2.21 bits per heavy atom. The van der Waals surface area contributed by atoms with Crippen molar-refractivity contribution in [2.45, 2.75) is 39.2 Å². The van der Waals surface area contributed by atoms with E-state index in [4.69, 9.17) is 0 Å². The topological polar surface area (TPSA) is 24.9 Å². The molecule has 0 fully saturated rings. The largest absolute Gasteiger partial charge is 0.377 e. The smallest absolute Gasteiger partial charge is 0.0705 e. The van der Waals surface area contributed by atoms with Crippen molar-refractivity contribution in [2.75, 3.05) is 5.32 Å². The molecule has 19 heavy (non-hydrogen) atoms. The van der Waals surface area contributed by atoms with Crippen molar-refractivity contribution in [1.82, 2.24) is 4.98 Å². The molecule has 100 valence electrons. The predicted octanol–water partition coefficient (Wildman–Crippen LogP) is 5.01. The summed E-state index contributed by atoms with van der Waals surface area (Å²) in [5, 5.41) is 3.67. The Morgan fingerprint density at radius 1 is 1.37 bits per heavy atom. The molecule has 0 radical (unpaired) electrons. The van der Waals surface area contributed by atoms with Gasteiger partial charge >= 0.3 is 0 Å². The van der Waals surface area contributed by atoms with Crippen molar-refractivity contribution in [2.24, 2.45) is 0 Å². The van der Waals surface area contributed by atoms with E-state index in [2.05, 4.69) is 51.4 Å². The zero-order valence-electron chi connectivity index (χ0n) is 11.2. The number of anilines is 1. The van der Waals surface area contributed by atoms with Crippen LogP contribution in [0.2, 0.25) is 0 Å². The van der Waals surface area contributed by atoms with Crippen molar-refractivity contribution in [1.29, 1.82) is 0 Å². The molecule has 1 unspecified atom stereocenters. The average molecular weight is 337 g/mol. The number of rotatable bonds is 2. The minimum Gasteiger partial charge on any atom is -0.377 e. The molecular formula is C15H17BrN2S. The molecule has 0 saturated heterocycles. The van der Waals surface area contributed by atoms with Crippen molar-refractivity contribution in [3.8, 4) is 0 Å². The number of halogens is 1. The van der Waals surface area contributed by atoms with Gasteiger partial charge < -0.3 is 5.32 Å². The molecule has 2 aromatic rings. The van der Waals surface area contributed by atoms with E-state index < -0.39 is 0 Å². The van der Waals surface area contributed by atoms with E-state index in [1.54, 1.807) is 0 Å². The van der Waals surface area contributed by atoms with E-state index in [9.17, 15) is 0 Å². The SMILES string of the molecule is Cc1ccc(NC2CCCc3sc(Br)cc32)c(C)n1. The number of pyridine rings is 1. The van der Waals surface area contributed by atoms with Crippen LogP contribution in [0.1, 0.15) is 40.7 Å². The van der Waals surface area contributed by atoms with Crippen LogP contribution in [0.5, 0.6) is 0 Å². The third-order valence-electron chi connectivity index (χ3n) is 3.64. The Kier molecular flexibility index (Phi) is 3.63. The standard InChI is InChI=1S/C15H17BrN2S/c1-9-6-7-12(10(2)17-9)18-13-4-3-5-14-11(13)8-15(16)19-14/h6-8,13,18H,3-5H2,1-2H3. The Hall–Kier alpha value is -0.870. The molecular weight excluding hydrogens is 320 g/mol. The van der Waals surface area contributed by atoms with Crippen LogP contribution >= 0.6 is 27.3 Å². The van der Waals surface area contributed by atoms with E-state index in [-0.39, 0.29) is 0 Å². The van der Waals surface area contributed by atoms with Crippen LogP contribution in [0.4, 0.5) is 5.69 Å². The number of aryl methyl sites for hydroxylation is 3. The maximum atomic E-state index is 4.53. The number of fused-ring (bicyclic) bond motifs is 1. The van der Waals surface area contributed by atoms with Gasteiger partial charge in [-0.25, -0.2) is 0 Å². The van der Waals surface area contributed by atoms with Gasteiger partial charge in [0.1, 0.15) is 0 Å². The molecule has 1 atom stereocenters. The van der Waals surface area contributed by atoms with Gasteiger partial charge in [0, 0.05) is 10.6 Å². The van der Waals surface area contributed by atoms with Crippen LogP contribution in [0.15, 0.2) is 22.0 Å². The Balaban J connectivity index is 1.88. The second-order valence-electron chi connectivity index (χ2n) is 5.10. The molecule has 3 rings (SSSR count). The first-order valence-corrected chi connectivity index (χ1v) is 8.23. The Bertz CT molecular complexity index is 606. The number of aromatic nitrogens is 1. The van der Waals surface area contributed by atoms with Gasteiger partial charge in [-0.05, 0) is 72.8 Å². The van der Waals surface area contributed by atoms with Crippen molar-refractivity contribution < 1.29 is 0 Å². The second-order valence-corrected chi connectivity index (χ2v) is 7.62. The van der Waals surface area contributed by atoms with Crippen molar-refractivity contribution in [3.63, 3.8) is 0 Å². The fraction of sp³-hybridized carbons (Fsp3) is 0.400. The highest BCUT2D eigenvalue weighted by atomic mass is 79.9. The number of nitrogens with one attached hydrogen (secondary N) is 1. The highest BCUT2D eigenvalue weighted by Gasteiger charge is 2.22. The highest BCUT2D eigenvalue weighted by Crippen LogP contribution is 2.39. The van der Waals surface area contributed by atoms with Crippen LogP contribution < -0.4 is 5.32 Å². The van der Waals surface area contributed by atoms with Gasteiger partial charge in [-0.3, -0.25) is 4.98 Å². The summed E-state index contributed by atoms with van der Waals surface area (Å²) in [6.45, 7) is 4.11. The van der Waals surface area contributed by atoms with E-state index in [1.807, 2.05) is 18.3 Å². The summed E-state index contributed by atoms with van der Waals surface area (Å²) in [4.78, 5) is 6.05. The minimum absolute atomic E-state index is 0.425. The lowest BCUT2D eigenvalue weighted by molar-refractivity contribution is 0.608. The summed E-state index contributed by atoms with van der Waals surface area (Å²) in [5.41, 5.74) is 4.78. The lowest BCUT2D eigenvalue weighted by atomic mass is 9.94. The third kappa shape index (κ3) is 2.70. The summed E-state index contributed by atoms with van der Waals surface area (Å²) in [5.74, 6) is 0. The third-order valence-corrected chi connectivity index (χ3v) is 5.35. The number of hydrogen-bond acceptors (Lipinski definition) is 3. The molecule has 2 aromatic heterocycles. The molecule has 0 aliphatic heterocycles.